The van der Waals surface area contributed by atoms with Crippen LogP contribution in [0.2, 0.25) is 0 Å². The minimum absolute atomic E-state index is 0.00933. The number of nitrogens with zero attached hydrogens (tertiary/aromatic N) is 1. The third-order valence-electron chi connectivity index (χ3n) is 2.92. The molecule has 0 aromatic heterocycles. The van der Waals surface area contributed by atoms with Gasteiger partial charge >= 0.3 is 6.09 Å². The summed E-state index contributed by atoms with van der Waals surface area (Å²) in [7, 11) is 0. The number of hydrogen-bond acceptors (Lipinski definition) is 4. The Labute approximate surface area is 124 Å². The highest BCUT2D eigenvalue weighted by molar-refractivity contribution is 8.00. The number of benzene rings is 1. The summed E-state index contributed by atoms with van der Waals surface area (Å²) in [6.07, 6.45) is -0.875. The first-order valence-electron chi connectivity index (χ1n) is 6.73. The van der Waals surface area contributed by atoms with Crippen molar-refractivity contribution >= 4 is 17.9 Å². The van der Waals surface area contributed by atoms with Crippen LogP contribution in [0.5, 0.6) is 0 Å². The quantitative estimate of drug-likeness (QED) is 0.911. The summed E-state index contributed by atoms with van der Waals surface area (Å²) in [5.74, 6) is 0. The molecule has 0 aliphatic carbocycles. The number of carbonyl (C=O) groups is 1. The zero-order chi connectivity index (χ0) is 14.8. The van der Waals surface area contributed by atoms with E-state index < -0.39 is 11.7 Å². The minimum Gasteiger partial charge on any atom is -0.444 e. The van der Waals surface area contributed by atoms with Crippen molar-refractivity contribution in [2.45, 2.75) is 42.6 Å². The summed E-state index contributed by atoms with van der Waals surface area (Å²) in [6.45, 7) is 6.36. The van der Waals surface area contributed by atoms with Crippen LogP contribution in [-0.4, -0.2) is 46.1 Å². The Morgan fingerprint density at radius 2 is 1.95 bits per heavy atom. The van der Waals surface area contributed by atoms with Crippen molar-refractivity contribution in [2.24, 2.45) is 0 Å². The lowest BCUT2D eigenvalue weighted by Gasteiger charge is -2.24. The summed E-state index contributed by atoms with van der Waals surface area (Å²) in [6, 6.07) is 9.91. The Morgan fingerprint density at radius 1 is 1.30 bits per heavy atom. The molecule has 0 radical (unpaired) electrons. The molecule has 110 valence electrons. The normalized spacial score (nSPS) is 22.9. The van der Waals surface area contributed by atoms with Crippen LogP contribution >= 0.6 is 11.8 Å². The van der Waals surface area contributed by atoms with Crippen LogP contribution in [0.25, 0.3) is 0 Å². The van der Waals surface area contributed by atoms with Gasteiger partial charge in [0.25, 0.3) is 0 Å². The SMILES string of the molecule is CC(C)(C)OC(=O)N1C[C@@H](O)[C@H](Sc2ccccc2)C1. The highest BCUT2D eigenvalue weighted by Gasteiger charge is 2.36. The van der Waals surface area contributed by atoms with E-state index in [1.165, 1.54) is 0 Å². The molecular weight excluding hydrogens is 274 g/mol. The molecule has 2 atom stereocenters. The second-order valence-corrected chi connectivity index (χ2v) is 7.23. The molecule has 0 unspecified atom stereocenters. The molecule has 1 N–H and O–H groups in total. The molecule has 1 aliphatic rings. The van der Waals surface area contributed by atoms with Crippen molar-refractivity contribution in [1.29, 1.82) is 0 Å². The fraction of sp³-hybridized carbons (Fsp3) is 0.533. The lowest BCUT2D eigenvalue weighted by Crippen LogP contribution is -2.35. The minimum atomic E-state index is -0.521. The van der Waals surface area contributed by atoms with E-state index in [1.54, 1.807) is 16.7 Å². The summed E-state index contributed by atoms with van der Waals surface area (Å²) in [4.78, 5) is 14.7. The zero-order valence-corrected chi connectivity index (χ0v) is 12.9. The number of likely N-dealkylation sites (tertiary alicyclic amines) is 1. The zero-order valence-electron chi connectivity index (χ0n) is 12.1. The molecule has 4 nitrogen and oxygen atoms in total. The highest BCUT2D eigenvalue weighted by Crippen LogP contribution is 2.30. The summed E-state index contributed by atoms with van der Waals surface area (Å²) in [5, 5.41) is 10.1. The van der Waals surface area contributed by atoms with Crippen LogP contribution in [0.3, 0.4) is 0 Å². The maximum atomic E-state index is 12.0. The Balaban J connectivity index is 1.94. The number of carbonyl (C=O) groups excluding carboxylic acids is 1. The predicted molar refractivity (Wildman–Crippen MR) is 79.9 cm³/mol. The van der Waals surface area contributed by atoms with E-state index in [0.29, 0.717) is 13.1 Å². The van der Waals surface area contributed by atoms with Gasteiger partial charge in [-0.25, -0.2) is 4.79 Å². The molecule has 0 bridgehead atoms. The first-order valence-corrected chi connectivity index (χ1v) is 7.61. The summed E-state index contributed by atoms with van der Waals surface area (Å²) >= 11 is 1.60. The van der Waals surface area contributed by atoms with Crippen molar-refractivity contribution in [2.75, 3.05) is 13.1 Å². The summed E-state index contributed by atoms with van der Waals surface area (Å²) < 4.78 is 5.34. The number of aliphatic hydroxyl groups excluding tert-OH is 1. The van der Waals surface area contributed by atoms with E-state index in [0.717, 1.165) is 4.90 Å². The van der Waals surface area contributed by atoms with Crippen LogP contribution in [0.1, 0.15) is 20.8 Å². The number of hydrogen-bond donors (Lipinski definition) is 1. The summed E-state index contributed by atoms with van der Waals surface area (Å²) in [5.41, 5.74) is -0.507. The van der Waals surface area contributed by atoms with Gasteiger partial charge in [-0.1, -0.05) is 18.2 Å². The smallest absolute Gasteiger partial charge is 0.410 e. The van der Waals surface area contributed by atoms with Crippen LogP contribution < -0.4 is 0 Å². The first-order chi connectivity index (χ1) is 9.35. The average molecular weight is 295 g/mol. The number of β-amino-alcohol motifs (C(OH)–C–C–N with tert-alkyl or cyclic N) is 1. The van der Waals surface area contributed by atoms with Gasteiger partial charge in [0.1, 0.15) is 5.60 Å². The Kier molecular flexibility index (Phi) is 4.60. The molecule has 5 heteroatoms. The van der Waals surface area contributed by atoms with Crippen LogP contribution in [0.15, 0.2) is 35.2 Å². The standard InChI is InChI=1S/C15H21NO3S/c1-15(2,3)19-14(18)16-9-12(17)13(10-16)20-11-7-5-4-6-8-11/h4-8,12-13,17H,9-10H2,1-3H3/t12-,13-/m1/s1. The van der Waals surface area contributed by atoms with E-state index in [4.69, 9.17) is 4.74 Å². The van der Waals surface area contributed by atoms with Crippen molar-refractivity contribution < 1.29 is 14.6 Å². The van der Waals surface area contributed by atoms with Crippen LogP contribution in [0, 0.1) is 0 Å². The largest absolute Gasteiger partial charge is 0.444 e. The van der Waals surface area contributed by atoms with Crippen LogP contribution in [0.4, 0.5) is 4.79 Å². The van der Waals surface area contributed by atoms with E-state index in [-0.39, 0.29) is 11.3 Å². The second kappa shape index (κ2) is 6.06. The number of aliphatic hydroxyl groups is 1. The van der Waals surface area contributed by atoms with Crippen molar-refractivity contribution in [3.8, 4) is 0 Å². The third kappa shape index (κ3) is 4.15. The molecule has 20 heavy (non-hydrogen) atoms. The lowest BCUT2D eigenvalue weighted by molar-refractivity contribution is 0.0270. The van der Waals surface area contributed by atoms with Gasteiger partial charge in [0.05, 0.1) is 17.9 Å². The first kappa shape index (κ1) is 15.2. The molecule has 0 saturated carbocycles. The maximum Gasteiger partial charge on any atom is 0.410 e. The van der Waals surface area contributed by atoms with Gasteiger partial charge in [0.15, 0.2) is 0 Å². The molecule has 1 fully saturated rings. The molecule has 2 rings (SSSR count). The molecule has 1 heterocycles. The highest BCUT2D eigenvalue weighted by atomic mass is 32.2. The molecule has 1 aromatic carbocycles. The van der Waals surface area contributed by atoms with Gasteiger partial charge in [-0.05, 0) is 32.9 Å². The fourth-order valence-corrected chi connectivity index (χ4v) is 3.18. The second-order valence-electron chi connectivity index (χ2n) is 5.92. The number of rotatable bonds is 2. The molecule has 1 saturated heterocycles. The van der Waals surface area contributed by atoms with Gasteiger partial charge in [0.2, 0.25) is 0 Å². The number of ether oxygens (including phenoxy) is 1. The van der Waals surface area contributed by atoms with Gasteiger partial charge in [-0.3, -0.25) is 0 Å². The molecular formula is C15H21NO3S. The lowest BCUT2D eigenvalue weighted by atomic mass is 10.2. The van der Waals surface area contributed by atoms with Crippen molar-refractivity contribution in [3.63, 3.8) is 0 Å². The third-order valence-corrected chi connectivity index (χ3v) is 4.23. The van der Waals surface area contributed by atoms with E-state index in [1.807, 2.05) is 51.1 Å². The van der Waals surface area contributed by atoms with Gasteiger partial charge in [0, 0.05) is 11.4 Å². The monoisotopic (exact) mass is 295 g/mol. The number of amides is 1. The van der Waals surface area contributed by atoms with E-state index in [9.17, 15) is 9.90 Å². The molecule has 0 spiro atoms. The van der Waals surface area contributed by atoms with Gasteiger partial charge in [-0.15, -0.1) is 11.8 Å². The van der Waals surface area contributed by atoms with E-state index in [2.05, 4.69) is 0 Å². The Hall–Kier alpha value is -1.20. The molecule has 1 aromatic rings. The van der Waals surface area contributed by atoms with Gasteiger partial charge < -0.3 is 14.7 Å². The number of thioether (sulfide) groups is 1. The van der Waals surface area contributed by atoms with Crippen LogP contribution in [-0.2, 0) is 4.74 Å². The average Bonchev–Trinajstić information content (AvgIpc) is 2.70. The Morgan fingerprint density at radius 3 is 2.55 bits per heavy atom. The molecule has 1 amide bonds. The Bertz CT molecular complexity index is 458. The van der Waals surface area contributed by atoms with E-state index >= 15 is 0 Å². The molecule has 1 aliphatic heterocycles. The van der Waals surface area contributed by atoms with Gasteiger partial charge in [-0.2, -0.15) is 0 Å². The maximum absolute atomic E-state index is 12.0. The fourth-order valence-electron chi connectivity index (χ4n) is 2.02. The topological polar surface area (TPSA) is 49.8 Å². The van der Waals surface area contributed by atoms with Crippen molar-refractivity contribution in [3.05, 3.63) is 30.3 Å². The van der Waals surface area contributed by atoms with Crippen molar-refractivity contribution in [1.82, 2.24) is 4.90 Å². The predicted octanol–water partition coefficient (Wildman–Crippen LogP) is 2.76.